The van der Waals surface area contributed by atoms with E-state index in [-0.39, 0.29) is 12.0 Å². The van der Waals surface area contributed by atoms with Gasteiger partial charge in [0, 0.05) is 32.6 Å². The Kier molecular flexibility index (Phi) is 5.85. The number of nitrogens with zero attached hydrogens (tertiary/aromatic N) is 3. The van der Waals surface area contributed by atoms with Crippen molar-refractivity contribution in [3.63, 3.8) is 0 Å². The Morgan fingerprint density at radius 1 is 1.56 bits per heavy atom. The quantitative estimate of drug-likeness (QED) is 0.741. The minimum absolute atomic E-state index is 0.0294. The summed E-state index contributed by atoms with van der Waals surface area (Å²) in [6.45, 7) is 7.57. The summed E-state index contributed by atoms with van der Waals surface area (Å²) < 4.78 is 7.29. The van der Waals surface area contributed by atoms with Gasteiger partial charge in [-0.1, -0.05) is 6.92 Å². The Morgan fingerprint density at radius 2 is 2.28 bits per heavy atom. The van der Waals surface area contributed by atoms with E-state index in [0.29, 0.717) is 13.2 Å². The molecule has 0 N–H and O–H groups in total. The van der Waals surface area contributed by atoms with Gasteiger partial charge >= 0.3 is 0 Å². The number of carbonyl (C=O) groups is 1. The van der Waals surface area contributed by atoms with Crippen LogP contribution in [-0.2, 0) is 23.1 Å². The van der Waals surface area contributed by atoms with E-state index in [1.54, 1.807) is 13.1 Å². The summed E-state index contributed by atoms with van der Waals surface area (Å²) in [5, 5.41) is 0. The molecule has 1 heterocycles. The fraction of sp³-hybridized carbons (Fsp3) is 0.692. The number of rotatable bonds is 7. The van der Waals surface area contributed by atoms with Crippen molar-refractivity contribution in [3.8, 4) is 0 Å². The predicted molar refractivity (Wildman–Crippen MR) is 70.0 cm³/mol. The molecule has 0 fully saturated rings. The monoisotopic (exact) mass is 253 g/mol. The highest BCUT2D eigenvalue weighted by atomic mass is 16.5. The van der Waals surface area contributed by atoms with Gasteiger partial charge in [-0.2, -0.15) is 0 Å². The van der Waals surface area contributed by atoms with Crippen molar-refractivity contribution in [1.82, 2.24) is 14.5 Å². The Hall–Kier alpha value is -1.36. The van der Waals surface area contributed by atoms with E-state index in [0.717, 1.165) is 18.8 Å². The van der Waals surface area contributed by atoms with Crippen LogP contribution in [0.5, 0.6) is 0 Å². The maximum Gasteiger partial charge on any atom is 0.251 e. The SMILES string of the molecule is CCCN(Cc1nccn1C)C(=O)C(C)OCC. The van der Waals surface area contributed by atoms with Crippen LogP contribution in [0.15, 0.2) is 12.4 Å². The van der Waals surface area contributed by atoms with E-state index >= 15 is 0 Å². The molecule has 0 aliphatic carbocycles. The highest BCUT2D eigenvalue weighted by Crippen LogP contribution is 2.07. The Morgan fingerprint density at radius 3 is 2.78 bits per heavy atom. The van der Waals surface area contributed by atoms with Gasteiger partial charge in [-0.05, 0) is 20.3 Å². The van der Waals surface area contributed by atoms with Crippen LogP contribution in [0.1, 0.15) is 33.0 Å². The topological polar surface area (TPSA) is 47.4 Å². The van der Waals surface area contributed by atoms with Crippen molar-refractivity contribution in [1.29, 1.82) is 0 Å². The molecule has 5 nitrogen and oxygen atoms in total. The van der Waals surface area contributed by atoms with Crippen LogP contribution in [0.2, 0.25) is 0 Å². The van der Waals surface area contributed by atoms with Gasteiger partial charge < -0.3 is 14.2 Å². The molecule has 18 heavy (non-hydrogen) atoms. The van der Waals surface area contributed by atoms with Gasteiger partial charge in [0.2, 0.25) is 0 Å². The predicted octanol–water partition coefficient (Wildman–Crippen LogP) is 1.58. The van der Waals surface area contributed by atoms with Crippen LogP contribution in [0.25, 0.3) is 0 Å². The second-order valence-corrected chi connectivity index (χ2v) is 4.31. The second kappa shape index (κ2) is 7.16. The molecule has 0 radical (unpaired) electrons. The largest absolute Gasteiger partial charge is 0.369 e. The first-order chi connectivity index (χ1) is 8.60. The molecule has 0 saturated carbocycles. The van der Waals surface area contributed by atoms with E-state index < -0.39 is 0 Å². The number of aromatic nitrogens is 2. The van der Waals surface area contributed by atoms with Crippen LogP contribution >= 0.6 is 0 Å². The Bertz CT molecular complexity index is 376. The zero-order valence-electron chi connectivity index (χ0n) is 11.7. The first-order valence-electron chi connectivity index (χ1n) is 6.46. The molecule has 0 saturated heterocycles. The number of hydrogen-bond acceptors (Lipinski definition) is 3. The molecule has 0 aromatic carbocycles. The lowest BCUT2D eigenvalue weighted by Crippen LogP contribution is -2.39. The fourth-order valence-corrected chi connectivity index (χ4v) is 1.84. The van der Waals surface area contributed by atoms with E-state index in [2.05, 4.69) is 11.9 Å². The molecule has 1 aromatic heterocycles. The second-order valence-electron chi connectivity index (χ2n) is 4.31. The van der Waals surface area contributed by atoms with Gasteiger partial charge in [0.1, 0.15) is 11.9 Å². The lowest BCUT2D eigenvalue weighted by molar-refractivity contribution is -0.143. The Labute approximate surface area is 109 Å². The molecule has 0 spiro atoms. The minimum atomic E-state index is -0.387. The first-order valence-corrected chi connectivity index (χ1v) is 6.46. The average Bonchev–Trinajstić information content (AvgIpc) is 2.74. The van der Waals surface area contributed by atoms with Crippen molar-refractivity contribution >= 4 is 5.91 Å². The maximum absolute atomic E-state index is 12.2. The maximum atomic E-state index is 12.2. The first kappa shape index (κ1) is 14.7. The molecule has 1 atom stereocenters. The van der Waals surface area contributed by atoms with Crippen molar-refractivity contribution in [3.05, 3.63) is 18.2 Å². The third-order valence-corrected chi connectivity index (χ3v) is 2.82. The number of amides is 1. The molecular weight excluding hydrogens is 230 g/mol. The van der Waals surface area contributed by atoms with Gasteiger partial charge in [-0.15, -0.1) is 0 Å². The zero-order chi connectivity index (χ0) is 13.5. The van der Waals surface area contributed by atoms with Crippen LogP contribution in [0.3, 0.4) is 0 Å². The molecule has 0 aliphatic heterocycles. The lowest BCUT2D eigenvalue weighted by Gasteiger charge is -2.25. The van der Waals surface area contributed by atoms with Crippen molar-refractivity contribution in [2.75, 3.05) is 13.2 Å². The van der Waals surface area contributed by atoms with E-state index in [4.69, 9.17) is 4.74 Å². The van der Waals surface area contributed by atoms with Crippen LogP contribution < -0.4 is 0 Å². The number of imidazole rings is 1. The summed E-state index contributed by atoms with van der Waals surface area (Å²) in [5.41, 5.74) is 0. The smallest absolute Gasteiger partial charge is 0.251 e. The molecule has 102 valence electrons. The number of hydrogen-bond donors (Lipinski definition) is 0. The van der Waals surface area contributed by atoms with E-state index in [1.165, 1.54) is 0 Å². The number of ether oxygens (including phenoxy) is 1. The summed E-state index contributed by atoms with van der Waals surface area (Å²) in [6.07, 6.45) is 4.17. The summed E-state index contributed by atoms with van der Waals surface area (Å²) in [5.74, 6) is 0.919. The molecular formula is C13H23N3O2. The van der Waals surface area contributed by atoms with Gasteiger partial charge in [0.25, 0.3) is 5.91 Å². The van der Waals surface area contributed by atoms with Crippen LogP contribution in [0.4, 0.5) is 0 Å². The Balaban J connectivity index is 2.70. The molecule has 0 aliphatic rings. The summed E-state index contributed by atoms with van der Waals surface area (Å²) in [7, 11) is 1.93. The summed E-state index contributed by atoms with van der Waals surface area (Å²) in [6, 6.07) is 0. The minimum Gasteiger partial charge on any atom is -0.369 e. The van der Waals surface area contributed by atoms with Crippen molar-refractivity contribution < 1.29 is 9.53 Å². The molecule has 1 unspecified atom stereocenters. The standard InChI is InChI=1S/C13H23N3O2/c1-5-8-16(13(17)11(3)18-6-2)10-12-14-7-9-15(12)4/h7,9,11H,5-6,8,10H2,1-4H3. The van der Waals surface area contributed by atoms with Gasteiger partial charge in [0.05, 0.1) is 6.54 Å². The van der Waals surface area contributed by atoms with Crippen molar-refractivity contribution in [2.24, 2.45) is 7.05 Å². The molecule has 0 bridgehead atoms. The summed E-state index contributed by atoms with van der Waals surface area (Å²) in [4.78, 5) is 18.3. The van der Waals surface area contributed by atoms with Gasteiger partial charge in [0.15, 0.2) is 0 Å². The number of carbonyl (C=O) groups excluding carboxylic acids is 1. The third kappa shape index (κ3) is 3.84. The molecule has 1 rings (SSSR count). The van der Waals surface area contributed by atoms with E-state index in [9.17, 15) is 4.79 Å². The molecule has 1 aromatic rings. The highest BCUT2D eigenvalue weighted by molar-refractivity contribution is 5.80. The fourth-order valence-electron chi connectivity index (χ4n) is 1.84. The average molecular weight is 253 g/mol. The number of aryl methyl sites for hydroxylation is 1. The zero-order valence-corrected chi connectivity index (χ0v) is 11.7. The highest BCUT2D eigenvalue weighted by Gasteiger charge is 2.21. The van der Waals surface area contributed by atoms with Crippen molar-refractivity contribution in [2.45, 2.75) is 39.8 Å². The van der Waals surface area contributed by atoms with Crippen LogP contribution in [0, 0.1) is 0 Å². The normalized spacial score (nSPS) is 12.4. The van der Waals surface area contributed by atoms with E-state index in [1.807, 2.05) is 29.6 Å². The third-order valence-electron chi connectivity index (χ3n) is 2.82. The van der Waals surface area contributed by atoms with Gasteiger partial charge in [-0.3, -0.25) is 4.79 Å². The summed E-state index contributed by atoms with van der Waals surface area (Å²) >= 11 is 0. The molecule has 1 amide bonds. The lowest BCUT2D eigenvalue weighted by atomic mass is 10.3. The molecule has 5 heteroatoms. The van der Waals surface area contributed by atoms with Gasteiger partial charge in [-0.25, -0.2) is 4.98 Å². The van der Waals surface area contributed by atoms with Crippen LogP contribution in [-0.4, -0.2) is 39.6 Å².